The summed E-state index contributed by atoms with van der Waals surface area (Å²) >= 11 is 0.985. The second-order valence-corrected chi connectivity index (χ2v) is 10.7. The van der Waals surface area contributed by atoms with Crippen molar-refractivity contribution in [3.63, 3.8) is 0 Å². The molecule has 11 heteroatoms. The van der Waals surface area contributed by atoms with E-state index in [1.807, 2.05) is 0 Å². The number of rotatable bonds is 10. The van der Waals surface area contributed by atoms with Crippen molar-refractivity contribution in [1.82, 2.24) is 9.44 Å². The summed E-state index contributed by atoms with van der Waals surface area (Å²) in [5.41, 5.74) is 0. The SMILES string of the molecule is CCS(=O)(=O)NCCc1ccc(S(=O)(=O)N[C@H](C(=O)O)C(C)C)s1. The minimum Gasteiger partial charge on any atom is -0.480 e. The number of hydrogen-bond donors (Lipinski definition) is 3. The fourth-order valence-electron chi connectivity index (χ4n) is 1.77. The number of sulfonamides is 2. The summed E-state index contributed by atoms with van der Waals surface area (Å²) in [5, 5.41) is 9.09. The van der Waals surface area contributed by atoms with Crippen LogP contribution in [0, 0.1) is 5.92 Å². The first-order valence-corrected chi connectivity index (χ1v) is 11.2. The molecule has 1 aromatic rings. The van der Waals surface area contributed by atoms with Crippen LogP contribution in [0.25, 0.3) is 0 Å². The van der Waals surface area contributed by atoms with E-state index in [0.717, 1.165) is 11.3 Å². The van der Waals surface area contributed by atoms with Gasteiger partial charge in [0.1, 0.15) is 10.3 Å². The number of carbonyl (C=O) groups is 1. The highest BCUT2D eigenvalue weighted by atomic mass is 32.2. The molecule has 1 atom stereocenters. The topological polar surface area (TPSA) is 130 Å². The third kappa shape index (κ3) is 6.13. The van der Waals surface area contributed by atoms with E-state index in [1.165, 1.54) is 13.0 Å². The van der Waals surface area contributed by atoms with Gasteiger partial charge in [0.05, 0.1) is 5.75 Å². The van der Waals surface area contributed by atoms with Crippen LogP contribution in [0.2, 0.25) is 0 Å². The van der Waals surface area contributed by atoms with E-state index in [0.29, 0.717) is 11.3 Å². The fraction of sp³-hybridized carbons (Fsp3) is 0.615. The number of thiophene rings is 1. The fourth-order valence-corrected chi connectivity index (χ4v) is 5.09. The van der Waals surface area contributed by atoms with Gasteiger partial charge in [-0.1, -0.05) is 13.8 Å². The Hall–Kier alpha value is -1.01. The molecule has 1 rings (SSSR count). The van der Waals surface area contributed by atoms with Crippen molar-refractivity contribution in [3.05, 3.63) is 17.0 Å². The zero-order chi connectivity index (χ0) is 18.5. The maximum Gasteiger partial charge on any atom is 0.322 e. The highest BCUT2D eigenvalue weighted by Gasteiger charge is 2.28. The molecule has 1 heterocycles. The van der Waals surface area contributed by atoms with Gasteiger partial charge < -0.3 is 5.11 Å². The summed E-state index contributed by atoms with van der Waals surface area (Å²) in [6.45, 7) is 4.92. The minimum absolute atomic E-state index is 0.00255. The van der Waals surface area contributed by atoms with E-state index >= 15 is 0 Å². The Kier molecular flexibility index (Phi) is 7.35. The van der Waals surface area contributed by atoms with Gasteiger partial charge in [0, 0.05) is 11.4 Å². The zero-order valence-electron chi connectivity index (χ0n) is 13.6. The molecule has 0 bridgehead atoms. The van der Waals surface area contributed by atoms with Crippen LogP contribution in [0.15, 0.2) is 16.3 Å². The first kappa shape index (κ1) is 21.0. The van der Waals surface area contributed by atoms with Gasteiger partial charge in [0.15, 0.2) is 0 Å². The van der Waals surface area contributed by atoms with Crippen molar-refractivity contribution in [2.45, 2.75) is 37.4 Å². The van der Waals surface area contributed by atoms with Crippen LogP contribution in [0.3, 0.4) is 0 Å². The second-order valence-electron chi connectivity index (χ2n) is 5.45. The molecule has 24 heavy (non-hydrogen) atoms. The van der Waals surface area contributed by atoms with Crippen LogP contribution in [-0.4, -0.2) is 46.3 Å². The summed E-state index contributed by atoms with van der Waals surface area (Å²) in [6.07, 6.45) is 0.353. The van der Waals surface area contributed by atoms with Crippen LogP contribution in [0.4, 0.5) is 0 Å². The lowest BCUT2D eigenvalue weighted by Gasteiger charge is -2.17. The van der Waals surface area contributed by atoms with Crippen molar-refractivity contribution >= 4 is 37.4 Å². The maximum atomic E-state index is 12.3. The van der Waals surface area contributed by atoms with Gasteiger partial charge in [-0.3, -0.25) is 4.79 Å². The molecule has 0 aromatic carbocycles. The van der Waals surface area contributed by atoms with Crippen LogP contribution >= 0.6 is 11.3 Å². The molecular weight excluding hydrogens is 376 g/mol. The molecule has 0 saturated heterocycles. The molecule has 138 valence electrons. The van der Waals surface area contributed by atoms with Gasteiger partial charge >= 0.3 is 5.97 Å². The third-order valence-electron chi connectivity index (χ3n) is 3.19. The summed E-state index contributed by atoms with van der Waals surface area (Å²) in [5.74, 6) is -1.66. The molecule has 3 N–H and O–H groups in total. The van der Waals surface area contributed by atoms with Crippen molar-refractivity contribution in [1.29, 1.82) is 0 Å². The molecule has 0 spiro atoms. The summed E-state index contributed by atoms with van der Waals surface area (Å²) in [4.78, 5) is 11.8. The lowest BCUT2D eigenvalue weighted by Crippen LogP contribution is -2.43. The Morgan fingerprint density at radius 2 is 1.88 bits per heavy atom. The normalized spacial score (nSPS) is 14.0. The Morgan fingerprint density at radius 1 is 1.25 bits per heavy atom. The third-order valence-corrected chi connectivity index (χ3v) is 7.67. The number of carboxylic acids is 1. The van der Waals surface area contributed by atoms with Crippen molar-refractivity contribution < 1.29 is 26.7 Å². The standard InChI is InChI=1S/C13H22N2O6S3/c1-4-23(18,19)14-8-7-10-5-6-11(22-10)24(20,21)15-12(9(2)3)13(16)17/h5-6,9,12,14-15H,4,7-8H2,1-3H3,(H,16,17)/t12-/m0/s1. The Morgan fingerprint density at radius 3 is 2.38 bits per heavy atom. The lowest BCUT2D eigenvalue weighted by molar-refractivity contribution is -0.140. The Labute approximate surface area is 146 Å². The van der Waals surface area contributed by atoms with Gasteiger partial charge in [-0.15, -0.1) is 11.3 Å². The monoisotopic (exact) mass is 398 g/mol. The predicted molar refractivity (Wildman–Crippen MR) is 92.1 cm³/mol. The van der Waals surface area contributed by atoms with Crippen LogP contribution < -0.4 is 9.44 Å². The van der Waals surface area contributed by atoms with E-state index < -0.39 is 38.0 Å². The molecule has 0 aliphatic heterocycles. The van der Waals surface area contributed by atoms with E-state index in [4.69, 9.17) is 5.11 Å². The van der Waals surface area contributed by atoms with Gasteiger partial charge in [-0.2, -0.15) is 4.72 Å². The molecule has 0 aliphatic rings. The molecule has 0 amide bonds. The zero-order valence-corrected chi connectivity index (χ0v) is 16.1. The molecule has 0 fully saturated rings. The van der Waals surface area contributed by atoms with E-state index in [-0.39, 0.29) is 16.5 Å². The smallest absolute Gasteiger partial charge is 0.322 e. The minimum atomic E-state index is -3.94. The Balaban J connectivity index is 2.78. The first-order valence-electron chi connectivity index (χ1n) is 7.29. The summed E-state index contributed by atoms with van der Waals surface area (Å²) in [6, 6.07) is 1.76. The molecule has 0 unspecified atom stereocenters. The largest absolute Gasteiger partial charge is 0.480 e. The molecule has 0 radical (unpaired) electrons. The highest BCUT2D eigenvalue weighted by molar-refractivity contribution is 7.91. The average molecular weight is 399 g/mol. The van der Waals surface area contributed by atoms with E-state index in [1.54, 1.807) is 19.9 Å². The van der Waals surface area contributed by atoms with Gasteiger partial charge in [0.25, 0.3) is 10.0 Å². The summed E-state index contributed by atoms with van der Waals surface area (Å²) in [7, 11) is -7.23. The summed E-state index contributed by atoms with van der Waals surface area (Å²) < 4.78 is 51.8. The van der Waals surface area contributed by atoms with Crippen LogP contribution in [0.1, 0.15) is 25.6 Å². The molecule has 0 aliphatic carbocycles. The quantitative estimate of drug-likeness (QED) is 0.530. The van der Waals surface area contributed by atoms with Gasteiger partial charge in [0.2, 0.25) is 10.0 Å². The maximum absolute atomic E-state index is 12.3. The van der Waals surface area contributed by atoms with Gasteiger partial charge in [-0.25, -0.2) is 21.6 Å². The number of aliphatic carboxylic acids is 1. The van der Waals surface area contributed by atoms with Crippen molar-refractivity contribution in [3.8, 4) is 0 Å². The average Bonchev–Trinajstić information content (AvgIpc) is 2.94. The van der Waals surface area contributed by atoms with E-state index in [2.05, 4.69) is 9.44 Å². The van der Waals surface area contributed by atoms with Gasteiger partial charge in [-0.05, 0) is 31.4 Å². The highest BCUT2D eigenvalue weighted by Crippen LogP contribution is 2.22. The van der Waals surface area contributed by atoms with E-state index in [9.17, 15) is 21.6 Å². The first-order chi connectivity index (χ1) is 11.0. The molecule has 0 saturated carbocycles. The Bertz CT molecular complexity index is 767. The molecular formula is C13H22N2O6S3. The predicted octanol–water partition coefficient (Wildman–Crippen LogP) is 0.617. The molecule has 1 aromatic heterocycles. The van der Waals surface area contributed by atoms with Crippen LogP contribution in [-0.2, 0) is 31.3 Å². The number of carboxylic acid groups (broad SMARTS) is 1. The van der Waals surface area contributed by atoms with Crippen molar-refractivity contribution in [2.75, 3.05) is 12.3 Å². The molecule has 8 nitrogen and oxygen atoms in total. The number of hydrogen-bond acceptors (Lipinski definition) is 6. The lowest BCUT2D eigenvalue weighted by atomic mass is 10.1. The number of nitrogens with one attached hydrogen (secondary N) is 2. The van der Waals surface area contributed by atoms with Crippen LogP contribution in [0.5, 0.6) is 0 Å². The second kappa shape index (κ2) is 8.39. The van der Waals surface area contributed by atoms with Crippen molar-refractivity contribution in [2.24, 2.45) is 5.92 Å².